The lowest BCUT2D eigenvalue weighted by Gasteiger charge is -2.17. The first-order valence-corrected chi connectivity index (χ1v) is 8.42. The molecule has 8 heteroatoms. The minimum atomic E-state index is -0.634. The van der Waals surface area contributed by atoms with E-state index in [-0.39, 0.29) is 12.5 Å². The summed E-state index contributed by atoms with van der Waals surface area (Å²) in [5.74, 6) is -0.305. The van der Waals surface area contributed by atoms with Crippen molar-refractivity contribution in [3.63, 3.8) is 0 Å². The van der Waals surface area contributed by atoms with Crippen LogP contribution in [0.5, 0.6) is 11.5 Å². The summed E-state index contributed by atoms with van der Waals surface area (Å²) in [7, 11) is 4.50. The number of carbonyl (C=O) groups is 3. The van der Waals surface area contributed by atoms with E-state index in [1.54, 1.807) is 36.4 Å². The number of likely N-dealkylation sites (N-methyl/N-ethyl adjacent to an activating group) is 1. The monoisotopic (exact) mass is 386 g/mol. The molecule has 0 unspecified atom stereocenters. The predicted molar refractivity (Wildman–Crippen MR) is 103 cm³/mol. The first-order valence-electron chi connectivity index (χ1n) is 8.42. The van der Waals surface area contributed by atoms with E-state index in [4.69, 9.17) is 14.2 Å². The van der Waals surface area contributed by atoms with Crippen molar-refractivity contribution in [3.8, 4) is 11.5 Å². The SMILES string of the molecule is COc1ccc(C(=O)OCC(=O)N(C)CC(=O)Nc2cccc(OC)c2)cc1. The molecule has 0 heterocycles. The number of nitrogens with one attached hydrogen (secondary N) is 1. The smallest absolute Gasteiger partial charge is 0.338 e. The van der Waals surface area contributed by atoms with Crippen molar-refractivity contribution in [2.24, 2.45) is 0 Å². The third kappa shape index (κ3) is 6.01. The van der Waals surface area contributed by atoms with Crippen LogP contribution in [0.3, 0.4) is 0 Å². The number of hydrogen-bond donors (Lipinski definition) is 1. The Morgan fingerprint density at radius 2 is 1.64 bits per heavy atom. The molecule has 28 heavy (non-hydrogen) atoms. The molecule has 0 aliphatic heterocycles. The molecule has 0 fully saturated rings. The maximum atomic E-state index is 12.1. The number of hydrogen-bond acceptors (Lipinski definition) is 6. The topological polar surface area (TPSA) is 94.2 Å². The summed E-state index contributed by atoms with van der Waals surface area (Å²) in [4.78, 5) is 37.3. The highest BCUT2D eigenvalue weighted by atomic mass is 16.5. The average Bonchev–Trinajstić information content (AvgIpc) is 2.71. The second-order valence-electron chi connectivity index (χ2n) is 5.83. The number of nitrogens with zero attached hydrogens (tertiary/aromatic N) is 1. The van der Waals surface area contributed by atoms with Crippen molar-refractivity contribution in [2.45, 2.75) is 0 Å². The Morgan fingerprint density at radius 1 is 0.964 bits per heavy atom. The van der Waals surface area contributed by atoms with Crippen LogP contribution >= 0.6 is 0 Å². The molecule has 0 atom stereocenters. The van der Waals surface area contributed by atoms with Crippen molar-refractivity contribution in [1.82, 2.24) is 4.90 Å². The molecule has 8 nitrogen and oxygen atoms in total. The molecule has 148 valence electrons. The molecule has 1 N–H and O–H groups in total. The molecule has 0 aromatic heterocycles. The number of benzene rings is 2. The van der Waals surface area contributed by atoms with Crippen LogP contribution < -0.4 is 14.8 Å². The molecule has 2 amide bonds. The molecule has 0 aliphatic carbocycles. The first-order chi connectivity index (χ1) is 13.4. The van der Waals surface area contributed by atoms with Crippen molar-refractivity contribution in [3.05, 3.63) is 54.1 Å². The molecule has 0 saturated heterocycles. The van der Waals surface area contributed by atoms with E-state index in [1.165, 1.54) is 38.3 Å². The number of carbonyl (C=O) groups excluding carboxylic acids is 3. The third-order valence-corrected chi connectivity index (χ3v) is 3.81. The lowest BCUT2D eigenvalue weighted by molar-refractivity contribution is -0.136. The van der Waals surface area contributed by atoms with Gasteiger partial charge in [0.1, 0.15) is 11.5 Å². The Morgan fingerprint density at radius 3 is 2.29 bits per heavy atom. The van der Waals surface area contributed by atoms with Crippen molar-refractivity contribution in [1.29, 1.82) is 0 Å². The van der Waals surface area contributed by atoms with Gasteiger partial charge in [0, 0.05) is 18.8 Å². The molecule has 0 bridgehead atoms. The van der Waals surface area contributed by atoms with E-state index in [1.807, 2.05) is 0 Å². The Balaban J connectivity index is 1.81. The van der Waals surface area contributed by atoms with Crippen LogP contribution in [0.4, 0.5) is 5.69 Å². The summed E-state index contributed by atoms with van der Waals surface area (Å²) < 4.78 is 15.1. The van der Waals surface area contributed by atoms with Crippen LogP contribution in [-0.4, -0.2) is 57.1 Å². The van der Waals surface area contributed by atoms with Crippen LogP contribution in [0.2, 0.25) is 0 Å². The molecular weight excluding hydrogens is 364 g/mol. The highest BCUT2D eigenvalue weighted by molar-refractivity contribution is 5.95. The van der Waals surface area contributed by atoms with E-state index >= 15 is 0 Å². The zero-order valence-electron chi connectivity index (χ0n) is 15.9. The first kappa shape index (κ1) is 20.8. The summed E-state index contributed by atoms with van der Waals surface area (Å²) in [5.41, 5.74) is 0.850. The number of methoxy groups -OCH3 is 2. The Labute approximate surface area is 163 Å². The quantitative estimate of drug-likeness (QED) is 0.697. The Kier molecular flexibility index (Phi) is 7.38. The van der Waals surface area contributed by atoms with Crippen LogP contribution in [0, 0.1) is 0 Å². The minimum absolute atomic E-state index is 0.184. The van der Waals surface area contributed by atoms with Gasteiger partial charge in [0.25, 0.3) is 5.91 Å². The van der Waals surface area contributed by atoms with Gasteiger partial charge in [0.05, 0.1) is 26.3 Å². The van der Waals surface area contributed by atoms with E-state index in [0.717, 1.165) is 0 Å². The van der Waals surface area contributed by atoms with E-state index in [2.05, 4.69) is 5.32 Å². The summed E-state index contributed by atoms with van der Waals surface area (Å²) in [6, 6.07) is 13.2. The highest BCUT2D eigenvalue weighted by Crippen LogP contribution is 2.16. The van der Waals surface area contributed by atoms with Crippen molar-refractivity contribution in [2.75, 3.05) is 39.7 Å². The van der Waals surface area contributed by atoms with Gasteiger partial charge in [-0.2, -0.15) is 0 Å². The second-order valence-corrected chi connectivity index (χ2v) is 5.83. The van der Waals surface area contributed by atoms with Crippen LogP contribution in [0.1, 0.15) is 10.4 Å². The Hall–Kier alpha value is -3.55. The summed E-state index contributed by atoms with van der Waals surface area (Å²) in [6.07, 6.45) is 0. The normalized spacial score (nSPS) is 9.96. The van der Waals surface area contributed by atoms with E-state index in [0.29, 0.717) is 22.7 Å². The third-order valence-electron chi connectivity index (χ3n) is 3.81. The number of anilines is 1. The maximum absolute atomic E-state index is 12.1. The lowest BCUT2D eigenvalue weighted by atomic mass is 10.2. The van der Waals surface area contributed by atoms with Crippen LogP contribution in [0.15, 0.2) is 48.5 Å². The molecule has 2 rings (SSSR count). The summed E-state index contributed by atoms with van der Waals surface area (Å²) >= 11 is 0. The van der Waals surface area contributed by atoms with Gasteiger partial charge in [-0.3, -0.25) is 9.59 Å². The van der Waals surface area contributed by atoms with E-state index < -0.39 is 18.5 Å². The van der Waals surface area contributed by atoms with Gasteiger partial charge in [-0.1, -0.05) is 6.07 Å². The molecule has 2 aromatic carbocycles. The van der Waals surface area contributed by atoms with Gasteiger partial charge < -0.3 is 24.4 Å². The van der Waals surface area contributed by atoms with Crippen LogP contribution in [0.25, 0.3) is 0 Å². The van der Waals surface area contributed by atoms with Gasteiger partial charge >= 0.3 is 5.97 Å². The van der Waals surface area contributed by atoms with Gasteiger partial charge in [0.2, 0.25) is 5.91 Å². The fourth-order valence-corrected chi connectivity index (χ4v) is 2.25. The number of ether oxygens (including phenoxy) is 3. The van der Waals surface area contributed by atoms with Crippen LogP contribution in [-0.2, 0) is 14.3 Å². The van der Waals surface area contributed by atoms with Gasteiger partial charge in [-0.05, 0) is 36.4 Å². The molecule has 2 aromatic rings. The minimum Gasteiger partial charge on any atom is -0.497 e. The predicted octanol–water partition coefficient (Wildman–Crippen LogP) is 1.96. The average molecular weight is 386 g/mol. The molecule has 0 saturated carbocycles. The van der Waals surface area contributed by atoms with E-state index in [9.17, 15) is 14.4 Å². The Bertz CT molecular complexity index is 835. The lowest BCUT2D eigenvalue weighted by Crippen LogP contribution is -2.37. The molecular formula is C20H22N2O6. The fraction of sp³-hybridized carbons (Fsp3) is 0.250. The van der Waals surface area contributed by atoms with Crippen molar-refractivity contribution >= 4 is 23.5 Å². The summed E-state index contributed by atoms with van der Waals surface area (Å²) in [5, 5.41) is 2.67. The van der Waals surface area contributed by atoms with Gasteiger partial charge in [-0.25, -0.2) is 4.79 Å². The maximum Gasteiger partial charge on any atom is 0.338 e. The number of amides is 2. The van der Waals surface area contributed by atoms with Gasteiger partial charge in [-0.15, -0.1) is 0 Å². The second kappa shape index (κ2) is 9.96. The zero-order valence-corrected chi connectivity index (χ0v) is 15.9. The summed E-state index contributed by atoms with van der Waals surface area (Å²) in [6.45, 7) is -0.649. The zero-order chi connectivity index (χ0) is 20.5. The van der Waals surface area contributed by atoms with Crippen molar-refractivity contribution < 1.29 is 28.6 Å². The van der Waals surface area contributed by atoms with Gasteiger partial charge in [0.15, 0.2) is 6.61 Å². The fourth-order valence-electron chi connectivity index (χ4n) is 2.25. The molecule has 0 aliphatic rings. The molecule has 0 spiro atoms. The number of rotatable bonds is 8. The molecule has 0 radical (unpaired) electrons. The standard InChI is InChI=1S/C20H22N2O6/c1-22(12-18(23)21-15-5-4-6-17(11-15)27-3)19(24)13-28-20(25)14-7-9-16(26-2)10-8-14/h4-11H,12-13H2,1-3H3,(H,21,23). The highest BCUT2D eigenvalue weighted by Gasteiger charge is 2.16. The largest absolute Gasteiger partial charge is 0.497 e. The number of esters is 1.